The molecule has 0 aliphatic carbocycles. The number of rotatable bonds is 4. The van der Waals surface area contributed by atoms with Gasteiger partial charge in [-0.2, -0.15) is 0 Å². The summed E-state index contributed by atoms with van der Waals surface area (Å²) < 4.78 is 0. The van der Waals surface area contributed by atoms with E-state index in [1.54, 1.807) is 24.9 Å². The molecule has 0 amide bonds. The van der Waals surface area contributed by atoms with Crippen LogP contribution in [0.5, 0.6) is 0 Å². The lowest BCUT2D eigenvalue weighted by atomic mass is 10.1. The summed E-state index contributed by atoms with van der Waals surface area (Å²) in [7, 11) is 0. The van der Waals surface area contributed by atoms with Gasteiger partial charge in [0.1, 0.15) is 23.8 Å². The highest BCUT2D eigenvalue weighted by Gasteiger charge is 2.27. The molecule has 7 nitrogen and oxygen atoms in total. The molecule has 7 heteroatoms. The van der Waals surface area contributed by atoms with Crippen molar-refractivity contribution in [1.29, 1.82) is 0 Å². The second kappa shape index (κ2) is 6.80. The minimum atomic E-state index is 0.291. The summed E-state index contributed by atoms with van der Waals surface area (Å²) in [6.07, 6.45) is 10.7. The van der Waals surface area contributed by atoms with E-state index in [-0.39, 0.29) is 0 Å². The highest BCUT2D eigenvalue weighted by molar-refractivity contribution is 5.53. The van der Waals surface area contributed by atoms with Gasteiger partial charge in [0.05, 0.1) is 12.2 Å². The Morgan fingerprint density at radius 3 is 2.80 bits per heavy atom. The Labute approximate surface area is 146 Å². The van der Waals surface area contributed by atoms with E-state index in [0.29, 0.717) is 11.9 Å². The first kappa shape index (κ1) is 15.4. The van der Waals surface area contributed by atoms with Crippen molar-refractivity contribution in [2.45, 2.75) is 25.8 Å². The molecule has 1 saturated heterocycles. The Hall–Kier alpha value is -3.09. The molecule has 1 fully saturated rings. The maximum atomic E-state index is 4.45. The van der Waals surface area contributed by atoms with Crippen molar-refractivity contribution >= 4 is 17.5 Å². The molecular weight excluding hydrogens is 314 g/mol. The minimum absolute atomic E-state index is 0.291. The van der Waals surface area contributed by atoms with Crippen LogP contribution in [0.3, 0.4) is 0 Å². The molecule has 25 heavy (non-hydrogen) atoms. The first-order valence-electron chi connectivity index (χ1n) is 8.34. The average Bonchev–Trinajstić information content (AvgIpc) is 3.13. The molecule has 0 spiro atoms. The van der Waals surface area contributed by atoms with Crippen LogP contribution in [0.4, 0.5) is 17.5 Å². The van der Waals surface area contributed by atoms with Crippen molar-refractivity contribution in [3.05, 3.63) is 60.6 Å². The topological polar surface area (TPSA) is 79.7 Å². The summed E-state index contributed by atoms with van der Waals surface area (Å²) in [5, 5.41) is 3.20. The van der Waals surface area contributed by atoms with Gasteiger partial charge in [0.2, 0.25) is 0 Å². The number of aromatic nitrogens is 5. The molecular formula is C18H19N7. The monoisotopic (exact) mass is 333 g/mol. The number of aryl methyl sites for hydroxylation is 1. The predicted molar refractivity (Wildman–Crippen MR) is 95.6 cm³/mol. The molecule has 0 radical (unpaired) electrons. The normalized spacial score (nSPS) is 16.8. The van der Waals surface area contributed by atoms with E-state index in [9.17, 15) is 0 Å². The van der Waals surface area contributed by atoms with E-state index >= 15 is 0 Å². The van der Waals surface area contributed by atoms with Crippen LogP contribution < -0.4 is 10.2 Å². The van der Waals surface area contributed by atoms with Crippen LogP contribution in [-0.4, -0.2) is 31.5 Å². The number of nitrogens with zero attached hydrogens (tertiary/aromatic N) is 6. The van der Waals surface area contributed by atoms with Gasteiger partial charge in [0, 0.05) is 36.9 Å². The molecule has 4 rings (SSSR count). The summed E-state index contributed by atoms with van der Waals surface area (Å²) in [6, 6.07) is 6.47. The zero-order valence-electron chi connectivity index (χ0n) is 14.0. The van der Waals surface area contributed by atoms with Crippen LogP contribution >= 0.6 is 0 Å². The fourth-order valence-electron chi connectivity index (χ4n) is 3.20. The van der Waals surface area contributed by atoms with Crippen LogP contribution in [0.15, 0.2) is 49.3 Å². The first-order valence-corrected chi connectivity index (χ1v) is 8.34. The molecule has 1 aliphatic rings. The fourth-order valence-corrected chi connectivity index (χ4v) is 3.20. The Morgan fingerprint density at radius 2 is 1.96 bits per heavy atom. The quantitative estimate of drug-likeness (QED) is 0.786. The van der Waals surface area contributed by atoms with Gasteiger partial charge >= 0.3 is 0 Å². The van der Waals surface area contributed by atoms with Crippen molar-refractivity contribution < 1.29 is 0 Å². The third-order valence-corrected chi connectivity index (χ3v) is 4.32. The molecule has 126 valence electrons. The number of anilines is 3. The fraction of sp³-hybridized carbons (Fsp3) is 0.278. The van der Waals surface area contributed by atoms with Gasteiger partial charge in [-0.1, -0.05) is 0 Å². The van der Waals surface area contributed by atoms with E-state index in [2.05, 4.69) is 47.3 Å². The second-order valence-corrected chi connectivity index (χ2v) is 6.06. The Bertz CT molecular complexity index is 853. The first-order chi connectivity index (χ1) is 12.3. The van der Waals surface area contributed by atoms with Crippen LogP contribution in [0.25, 0.3) is 0 Å². The molecule has 4 heterocycles. The lowest BCUT2D eigenvalue weighted by molar-refractivity contribution is 0.709. The van der Waals surface area contributed by atoms with Crippen LogP contribution in [0.1, 0.15) is 30.1 Å². The van der Waals surface area contributed by atoms with Crippen LogP contribution in [0.2, 0.25) is 0 Å². The molecule has 3 aromatic rings. The van der Waals surface area contributed by atoms with Crippen LogP contribution in [0, 0.1) is 6.92 Å². The van der Waals surface area contributed by atoms with E-state index in [1.165, 1.54) is 5.56 Å². The lowest BCUT2D eigenvalue weighted by Gasteiger charge is -2.26. The Morgan fingerprint density at radius 1 is 1.04 bits per heavy atom. The third kappa shape index (κ3) is 3.40. The van der Waals surface area contributed by atoms with Crippen molar-refractivity contribution in [3.63, 3.8) is 0 Å². The van der Waals surface area contributed by atoms with Crippen molar-refractivity contribution in [1.82, 2.24) is 24.9 Å². The van der Waals surface area contributed by atoms with Gasteiger partial charge in [-0.3, -0.25) is 4.98 Å². The van der Waals surface area contributed by atoms with E-state index in [0.717, 1.165) is 36.7 Å². The Kier molecular flexibility index (Phi) is 4.20. The standard InChI is InChI=1S/C18H19N7/c1-13-9-18(23-12-22-13)25-8-2-3-15(25)14-4-5-20-16(10-14)24-17-11-19-6-7-21-17/h4-7,9-12,15H,2-3,8H2,1H3,(H,20,21,24)/t15-/m1/s1. The SMILES string of the molecule is Cc1cc(N2CCC[C@@H]2c2ccnc(Nc3cnccn3)c2)ncn1. The maximum absolute atomic E-state index is 4.45. The van der Waals surface area contributed by atoms with Gasteiger partial charge in [-0.05, 0) is 37.5 Å². The molecule has 0 saturated carbocycles. The molecule has 0 unspecified atom stereocenters. The maximum Gasteiger partial charge on any atom is 0.150 e. The van der Waals surface area contributed by atoms with E-state index in [1.807, 2.05) is 19.2 Å². The van der Waals surface area contributed by atoms with Gasteiger partial charge in [0.25, 0.3) is 0 Å². The van der Waals surface area contributed by atoms with Gasteiger partial charge in [-0.25, -0.2) is 19.9 Å². The van der Waals surface area contributed by atoms with Gasteiger partial charge < -0.3 is 10.2 Å². The number of nitrogens with one attached hydrogen (secondary N) is 1. The molecule has 0 aromatic carbocycles. The summed E-state index contributed by atoms with van der Waals surface area (Å²) in [5.74, 6) is 2.43. The zero-order chi connectivity index (χ0) is 17.1. The highest BCUT2D eigenvalue weighted by atomic mass is 15.2. The molecule has 1 atom stereocenters. The lowest BCUT2D eigenvalue weighted by Crippen LogP contribution is -2.23. The van der Waals surface area contributed by atoms with Crippen molar-refractivity contribution in [2.24, 2.45) is 0 Å². The zero-order valence-corrected chi connectivity index (χ0v) is 14.0. The summed E-state index contributed by atoms with van der Waals surface area (Å²) in [5.41, 5.74) is 2.20. The Balaban J connectivity index is 1.59. The van der Waals surface area contributed by atoms with Crippen molar-refractivity contribution in [2.75, 3.05) is 16.8 Å². The minimum Gasteiger partial charge on any atom is -0.349 e. The number of hydrogen-bond acceptors (Lipinski definition) is 7. The van der Waals surface area contributed by atoms with Crippen molar-refractivity contribution in [3.8, 4) is 0 Å². The largest absolute Gasteiger partial charge is 0.349 e. The second-order valence-electron chi connectivity index (χ2n) is 6.06. The molecule has 1 aliphatic heterocycles. The van der Waals surface area contributed by atoms with E-state index in [4.69, 9.17) is 0 Å². The predicted octanol–water partition coefficient (Wildman–Crippen LogP) is 3.06. The highest BCUT2D eigenvalue weighted by Crippen LogP contribution is 2.35. The average molecular weight is 333 g/mol. The summed E-state index contributed by atoms with van der Waals surface area (Å²) in [4.78, 5) is 23.7. The van der Waals surface area contributed by atoms with Gasteiger partial charge in [0.15, 0.2) is 0 Å². The summed E-state index contributed by atoms with van der Waals surface area (Å²) >= 11 is 0. The molecule has 3 aromatic heterocycles. The summed E-state index contributed by atoms with van der Waals surface area (Å²) in [6.45, 7) is 2.99. The van der Waals surface area contributed by atoms with Crippen LogP contribution in [-0.2, 0) is 0 Å². The third-order valence-electron chi connectivity index (χ3n) is 4.32. The smallest absolute Gasteiger partial charge is 0.150 e. The molecule has 0 bridgehead atoms. The number of pyridine rings is 1. The molecule has 1 N–H and O–H groups in total. The van der Waals surface area contributed by atoms with Gasteiger partial charge in [-0.15, -0.1) is 0 Å². The van der Waals surface area contributed by atoms with E-state index < -0.39 is 0 Å². The number of hydrogen-bond donors (Lipinski definition) is 1.